The van der Waals surface area contributed by atoms with Crippen LogP contribution in [0.25, 0.3) is 10.1 Å². The van der Waals surface area contributed by atoms with Gasteiger partial charge in [0.2, 0.25) is 0 Å². The van der Waals surface area contributed by atoms with Crippen molar-refractivity contribution in [2.24, 2.45) is 0 Å². The van der Waals surface area contributed by atoms with Crippen molar-refractivity contribution >= 4 is 33.4 Å². The van der Waals surface area contributed by atoms with Crippen LogP contribution >= 0.6 is 11.3 Å². The fourth-order valence-electron chi connectivity index (χ4n) is 2.77. The number of hydrogen-bond acceptors (Lipinski definition) is 4. The molecule has 3 rings (SSSR count). The van der Waals surface area contributed by atoms with Crippen molar-refractivity contribution < 1.29 is 14.3 Å². The number of carbonyl (C=O) groups is 2. The molecule has 122 valence electrons. The minimum atomic E-state index is -0.262. The van der Waals surface area contributed by atoms with Crippen LogP contribution in [0.1, 0.15) is 29.4 Å². The summed E-state index contributed by atoms with van der Waals surface area (Å²) in [5.41, 5.74) is 0. The van der Waals surface area contributed by atoms with Gasteiger partial charge in [-0.2, -0.15) is 0 Å². The van der Waals surface area contributed by atoms with E-state index in [1.165, 1.54) is 11.3 Å². The van der Waals surface area contributed by atoms with E-state index in [2.05, 4.69) is 5.32 Å². The molecule has 1 N–H and O–H groups in total. The van der Waals surface area contributed by atoms with Crippen molar-refractivity contribution in [1.29, 1.82) is 0 Å². The normalized spacial score (nSPS) is 15.6. The molecular weight excluding hydrogens is 312 g/mol. The second-order valence-electron chi connectivity index (χ2n) is 5.58. The molecule has 2 amide bonds. The number of carbonyl (C=O) groups excluding carboxylic acids is 2. The molecule has 0 radical (unpaired) electrons. The monoisotopic (exact) mass is 332 g/mol. The predicted octanol–water partition coefficient (Wildman–Crippen LogP) is 3.25. The fourth-order valence-corrected chi connectivity index (χ4v) is 3.74. The van der Waals surface area contributed by atoms with Crippen molar-refractivity contribution in [3.8, 4) is 0 Å². The molecule has 0 unspecified atom stereocenters. The maximum Gasteiger partial charge on any atom is 0.409 e. The van der Waals surface area contributed by atoms with Crippen LogP contribution in [0, 0.1) is 0 Å². The quantitative estimate of drug-likeness (QED) is 0.938. The first kappa shape index (κ1) is 15.8. The molecule has 0 spiro atoms. The van der Waals surface area contributed by atoms with Gasteiger partial charge in [0.1, 0.15) is 0 Å². The topological polar surface area (TPSA) is 58.6 Å². The fraction of sp³-hybridized carbons (Fsp3) is 0.412. The number of benzene rings is 1. The lowest BCUT2D eigenvalue weighted by Gasteiger charge is -2.31. The lowest BCUT2D eigenvalue weighted by atomic mass is 10.1. The Labute approximate surface area is 139 Å². The van der Waals surface area contributed by atoms with Crippen molar-refractivity contribution in [3.05, 3.63) is 35.2 Å². The summed E-state index contributed by atoms with van der Waals surface area (Å²) in [4.78, 5) is 26.5. The Kier molecular flexibility index (Phi) is 4.81. The minimum absolute atomic E-state index is 0.0271. The number of fused-ring (bicyclic) bond motifs is 1. The van der Waals surface area contributed by atoms with Crippen LogP contribution in [0.5, 0.6) is 0 Å². The van der Waals surface area contributed by atoms with Gasteiger partial charge in [-0.25, -0.2) is 4.79 Å². The Balaban J connectivity index is 1.56. The molecule has 0 aliphatic carbocycles. The molecule has 0 bridgehead atoms. The van der Waals surface area contributed by atoms with E-state index in [0.717, 1.165) is 27.8 Å². The van der Waals surface area contributed by atoms with E-state index in [0.29, 0.717) is 19.7 Å². The summed E-state index contributed by atoms with van der Waals surface area (Å²) >= 11 is 1.51. The molecule has 1 aromatic heterocycles. The molecule has 0 atom stereocenters. The minimum Gasteiger partial charge on any atom is -0.450 e. The molecule has 2 aromatic rings. The second-order valence-corrected chi connectivity index (χ2v) is 6.67. The molecule has 1 aliphatic heterocycles. The van der Waals surface area contributed by atoms with Crippen molar-refractivity contribution in [2.75, 3.05) is 19.7 Å². The van der Waals surface area contributed by atoms with Crippen LogP contribution in [0.4, 0.5) is 4.79 Å². The molecule has 1 aliphatic rings. The maximum absolute atomic E-state index is 12.4. The van der Waals surface area contributed by atoms with Gasteiger partial charge in [0.15, 0.2) is 0 Å². The Morgan fingerprint density at radius 1 is 1.30 bits per heavy atom. The van der Waals surface area contributed by atoms with Crippen LogP contribution in [0.3, 0.4) is 0 Å². The van der Waals surface area contributed by atoms with Gasteiger partial charge in [-0.1, -0.05) is 18.2 Å². The third-order valence-corrected chi connectivity index (χ3v) is 5.12. The third kappa shape index (κ3) is 3.64. The zero-order chi connectivity index (χ0) is 16.2. The van der Waals surface area contributed by atoms with Crippen LogP contribution in [0.2, 0.25) is 0 Å². The van der Waals surface area contributed by atoms with E-state index in [-0.39, 0.29) is 18.0 Å². The number of nitrogens with one attached hydrogen (secondary N) is 1. The Bertz CT molecular complexity index is 672. The zero-order valence-corrected chi connectivity index (χ0v) is 13.9. The lowest BCUT2D eigenvalue weighted by Crippen LogP contribution is -2.46. The molecule has 1 aromatic carbocycles. The molecule has 2 heterocycles. The first-order valence-corrected chi connectivity index (χ1v) is 8.70. The molecule has 1 fully saturated rings. The van der Waals surface area contributed by atoms with Crippen molar-refractivity contribution in [3.63, 3.8) is 0 Å². The first-order chi connectivity index (χ1) is 11.2. The summed E-state index contributed by atoms with van der Waals surface area (Å²) in [7, 11) is 0. The summed E-state index contributed by atoms with van der Waals surface area (Å²) in [5, 5.41) is 4.18. The highest BCUT2D eigenvalue weighted by atomic mass is 32.1. The maximum atomic E-state index is 12.4. The number of amides is 2. The van der Waals surface area contributed by atoms with Gasteiger partial charge in [-0.3, -0.25) is 4.79 Å². The summed E-state index contributed by atoms with van der Waals surface area (Å²) in [6.07, 6.45) is 1.26. The highest BCUT2D eigenvalue weighted by Crippen LogP contribution is 2.25. The Hall–Kier alpha value is -2.08. The summed E-state index contributed by atoms with van der Waals surface area (Å²) in [6.45, 7) is 3.43. The summed E-state index contributed by atoms with van der Waals surface area (Å²) < 4.78 is 6.12. The Morgan fingerprint density at radius 3 is 2.74 bits per heavy atom. The first-order valence-electron chi connectivity index (χ1n) is 7.88. The second kappa shape index (κ2) is 7.00. The highest BCUT2D eigenvalue weighted by Gasteiger charge is 2.25. The largest absolute Gasteiger partial charge is 0.450 e. The number of likely N-dealkylation sites (tertiary alicyclic amines) is 1. The van der Waals surface area contributed by atoms with E-state index in [4.69, 9.17) is 4.74 Å². The van der Waals surface area contributed by atoms with E-state index >= 15 is 0 Å². The predicted molar refractivity (Wildman–Crippen MR) is 90.9 cm³/mol. The van der Waals surface area contributed by atoms with Crippen LogP contribution in [-0.2, 0) is 4.74 Å². The van der Waals surface area contributed by atoms with E-state index in [1.54, 1.807) is 11.8 Å². The third-order valence-electron chi connectivity index (χ3n) is 4.01. The number of piperidine rings is 1. The van der Waals surface area contributed by atoms with E-state index in [9.17, 15) is 9.59 Å². The van der Waals surface area contributed by atoms with Gasteiger partial charge in [0.25, 0.3) is 5.91 Å². The van der Waals surface area contributed by atoms with Gasteiger partial charge in [-0.05, 0) is 37.3 Å². The molecule has 5 nitrogen and oxygen atoms in total. The zero-order valence-electron chi connectivity index (χ0n) is 13.1. The average molecular weight is 332 g/mol. The van der Waals surface area contributed by atoms with E-state index in [1.807, 2.05) is 30.3 Å². The van der Waals surface area contributed by atoms with Gasteiger partial charge in [-0.15, -0.1) is 11.3 Å². The summed E-state index contributed by atoms with van der Waals surface area (Å²) in [6, 6.07) is 10.0. The SMILES string of the molecule is CCOC(=O)N1CCC(NC(=O)c2cc3ccccc3s2)CC1. The van der Waals surface area contributed by atoms with Crippen LogP contribution in [0.15, 0.2) is 30.3 Å². The number of ether oxygens (including phenoxy) is 1. The van der Waals surface area contributed by atoms with Crippen LogP contribution in [-0.4, -0.2) is 42.6 Å². The molecule has 0 saturated carbocycles. The smallest absolute Gasteiger partial charge is 0.409 e. The highest BCUT2D eigenvalue weighted by molar-refractivity contribution is 7.20. The van der Waals surface area contributed by atoms with Gasteiger partial charge < -0.3 is 15.0 Å². The summed E-state index contributed by atoms with van der Waals surface area (Å²) in [5.74, 6) is -0.0271. The average Bonchev–Trinajstić information content (AvgIpc) is 3.00. The van der Waals surface area contributed by atoms with Gasteiger partial charge in [0.05, 0.1) is 11.5 Å². The number of thiophene rings is 1. The lowest BCUT2D eigenvalue weighted by molar-refractivity contribution is 0.0863. The standard InChI is InChI=1S/C17H20N2O3S/c1-2-22-17(21)19-9-7-13(8-10-19)18-16(20)15-11-12-5-3-4-6-14(12)23-15/h3-6,11,13H,2,7-10H2,1H3,(H,18,20). The molecule has 6 heteroatoms. The van der Waals surface area contributed by atoms with Crippen molar-refractivity contribution in [2.45, 2.75) is 25.8 Å². The molecule has 23 heavy (non-hydrogen) atoms. The molecule has 1 saturated heterocycles. The van der Waals surface area contributed by atoms with Gasteiger partial charge >= 0.3 is 6.09 Å². The van der Waals surface area contributed by atoms with Crippen molar-refractivity contribution in [1.82, 2.24) is 10.2 Å². The number of nitrogens with zero attached hydrogens (tertiary/aromatic N) is 1. The van der Waals surface area contributed by atoms with Crippen LogP contribution < -0.4 is 5.32 Å². The van der Waals surface area contributed by atoms with E-state index < -0.39 is 0 Å². The Morgan fingerprint density at radius 2 is 2.04 bits per heavy atom. The molecular formula is C17H20N2O3S. The number of rotatable bonds is 3. The van der Waals surface area contributed by atoms with Gasteiger partial charge in [0, 0.05) is 23.8 Å². The number of hydrogen-bond donors (Lipinski definition) is 1.